The molecule has 136 valence electrons. The Morgan fingerprint density at radius 2 is 2.04 bits per heavy atom. The Kier molecular flexibility index (Phi) is 6.20. The van der Waals surface area contributed by atoms with Crippen molar-refractivity contribution in [3.8, 4) is 0 Å². The van der Waals surface area contributed by atoms with E-state index in [-0.39, 0.29) is 0 Å². The summed E-state index contributed by atoms with van der Waals surface area (Å²) in [7, 11) is 0. The van der Waals surface area contributed by atoms with Crippen molar-refractivity contribution < 1.29 is 9.15 Å². The van der Waals surface area contributed by atoms with E-state index in [2.05, 4.69) is 34.0 Å². The lowest BCUT2D eigenvalue weighted by Gasteiger charge is -2.07. The summed E-state index contributed by atoms with van der Waals surface area (Å²) in [6.07, 6.45) is 0.898. The second kappa shape index (κ2) is 8.78. The van der Waals surface area contributed by atoms with Crippen molar-refractivity contribution in [1.82, 2.24) is 10.7 Å². The van der Waals surface area contributed by atoms with Gasteiger partial charge in [-0.05, 0) is 55.4 Å². The minimum Gasteiger partial charge on any atom is -0.455 e. The first-order valence-corrected chi connectivity index (χ1v) is 9.17. The fourth-order valence-corrected chi connectivity index (χ4v) is 2.87. The number of hydrogen-bond donors (Lipinski definition) is 2. The van der Waals surface area contributed by atoms with Gasteiger partial charge in [0, 0.05) is 25.1 Å². The standard InChI is InChI=1S/C20H23N3O2S/c1-3-24-12-6-11-21-20(26)23-22-14(2)19-13-17-16-8-5-4-7-15(16)9-10-18(17)25-19/h4-5,7-10,13H,3,6,11-12H2,1-2H3,(H2,21,23,26)/b22-14-. The summed E-state index contributed by atoms with van der Waals surface area (Å²) >= 11 is 5.23. The van der Waals surface area contributed by atoms with E-state index in [4.69, 9.17) is 21.4 Å². The van der Waals surface area contributed by atoms with Gasteiger partial charge in [0.05, 0.1) is 0 Å². The van der Waals surface area contributed by atoms with Crippen molar-refractivity contribution >= 4 is 44.8 Å². The van der Waals surface area contributed by atoms with Crippen molar-refractivity contribution in [3.05, 3.63) is 48.2 Å². The maximum Gasteiger partial charge on any atom is 0.186 e. The predicted molar refractivity (Wildman–Crippen MR) is 111 cm³/mol. The van der Waals surface area contributed by atoms with Gasteiger partial charge in [0.1, 0.15) is 11.3 Å². The van der Waals surface area contributed by atoms with E-state index in [1.807, 2.05) is 38.1 Å². The molecule has 2 N–H and O–H groups in total. The molecule has 0 bridgehead atoms. The van der Waals surface area contributed by atoms with Gasteiger partial charge in [-0.15, -0.1) is 0 Å². The van der Waals surface area contributed by atoms with Crippen LogP contribution in [0.1, 0.15) is 26.0 Å². The number of furan rings is 1. The van der Waals surface area contributed by atoms with Crippen molar-refractivity contribution in [2.24, 2.45) is 5.10 Å². The minimum absolute atomic E-state index is 0.488. The van der Waals surface area contributed by atoms with Gasteiger partial charge in [0.2, 0.25) is 0 Å². The van der Waals surface area contributed by atoms with Crippen LogP contribution in [0, 0.1) is 0 Å². The highest BCUT2D eigenvalue weighted by atomic mass is 32.1. The zero-order valence-corrected chi connectivity index (χ0v) is 15.9. The topological polar surface area (TPSA) is 58.8 Å². The number of nitrogens with zero attached hydrogens (tertiary/aromatic N) is 1. The van der Waals surface area contributed by atoms with Crippen LogP contribution in [0.15, 0.2) is 52.0 Å². The van der Waals surface area contributed by atoms with Gasteiger partial charge in [-0.25, -0.2) is 0 Å². The summed E-state index contributed by atoms with van der Waals surface area (Å²) in [5.74, 6) is 0.725. The molecule has 0 saturated carbocycles. The summed E-state index contributed by atoms with van der Waals surface area (Å²) in [5, 5.41) is 11.4. The maximum atomic E-state index is 5.94. The summed E-state index contributed by atoms with van der Waals surface area (Å²) < 4.78 is 11.2. The van der Waals surface area contributed by atoms with Crippen LogP contribution < -0.4 is 10.7 Å². The third-order valence-electron chi connectivity index (χ3n) is 4.06. The Balaban J connectivity index is 1.65. The van der Waals surface area contributed by atoms with Crippen LogP contribution in [-0.4, -0.2) is 30.6 Å². The second-order valence-corrected chi connectivity index (χ2v) is 6.33. The van der Waals surface area contributed by atoms with E-state index >= 15 is 0 Å². The number of ether oxygens (including phenoxy) is 1. The highest BCUT2D eigenvalue weighted by Gasteiger charge is 2.09. The average molecular weight is 369 g/mol. The van der Waals surface area contributed by atoms with Gasteiger partial charge in [0.25, 0.3) is 0 Å². The summed E-state index contributed by atoms with van der Waals surface area (Å²) in [5.41, 5.74) is 4.45. The van der Waals surface area contributed by atoms with Gasteiger partial charge in [-0.1, -0.05) is 30.3 Å². The molecule has 5 nitrogen and oxygen atoms in total. The molecule has 3 rings (SSSR count). The zero-order chi connectivity index (χ0) is 18.4. The lowest BCUT2D eigenvalue weighted by atomic mass is 10.1. The number of benzene rings is 2. The second-order valence-electron chi connectivity index (χ2n) is 5.92. The third kappa shape index (κ3) is 4.39. The number of hydrazone groups is 1. The molecule has 1 aromatic heterocycles. The molecule has 6 heteroatoms. The SMILES string of the molecule is CCOCCCNC(=S)N/N=C(/C)c1cc2c(ccc3ccccc32)o1. The summed E-state index contributed by atoms with van der Waals surface area (Å²) in [6.45, 7) is 6.08. The molecule has 0 saturated heterocycles. The molecule has 0 atom stereocenters. The Hall–Kier alpha value is -2.44. The number of nitrogens with one attached hydrogen (secondary N) is 2. The number of thiocarbonyl (C=S) groups is 1. The van der Waals surface area contributed by atoms with Crippen LogP contribution in [0.25, 0.3) is 21.7 Å². The van der Waals surface area contributed by atoms with Gasteiger partial charge in [-0.3, -0.25) is 5.43 Å². The predicted octanol–water partition coefficient (Wildman–Crippen LogP) is 4.20. The van der Waals surface area contributed by atoms with Crippen LogP contribution in [0.2, 0.25) is 0 Å². The molecular weight excluding hydrogens is 346 g/mol. The van der Waals surface area contributed by atoms with Crippen LogP contribution in [0.5, 0.6) is 0 Å². The lowest BCUT2D eigenvalue weighted by molar-refractivity contribution is 0.145. The van der Waals surface area contributed by atoms with Crippen LogP contribution in [0.3, 0.4) is 0 Å². The first-order valence-electron chi connectivity index (χ1n) is 8.76. The molecular formula is C20H23N3O2S. The van der Waals surface area contributed by atoms with Gasteiger partial charge < -0.3 is 14.5 Å². The van der Waals surface area contributed by atoms with Crippen LogP contribution in [0.4, 0.5) is 0 Å². The lowest BCUT2D eigenvalue weighted by Crippen LogP contribution is -2.33. The molecule has 0 radical (unpaired) electrons. The van der Waals surface area contributed by atoms with Gasteiger partial charge in [-0.2, -0.15) is 5.10 Å². The fourth-order valence-electron chi connectivity index (χ4n) is 2.72. The van der Waals surface area contributed by atoms with E-state index in [9.17, 15) is 0 Å². The highest BCUT2D eigenvalue weighted by molar-refractivity contribution is 7.80. The molecule has 0 amide bonds. The van der Waals surface area contributed by atoms with E-state index in [0.717, 1.165) is 48.6 Å². The molecule has 0 unspecified atom stereocenters. The van der Waals surface area contributed by atoms with Crippen molar-refractivity contribution in [2.45, 2.75) is 20.3 Å². The quantitative estimate of drug-likeness (QED) is 0.283. The van der Waals surface area contributed by atoms with E-state index in [1.165, 1.54) is 10.8 Å². The van der Waals surface area contributed by atoms with Crippen molar-refractivity contribution in [1.29, 1.82) is 0 Å². The first-order chi connectivity index (χ1) is 12.7. The number of fused-ring (bicyclic) bond motifs is 3. The van der Waals surface area contributed by atoms with Crippen molar-refractivity contribution in [2.75, 3.05) is 19.8 Å². The molecule has 0 aliphatic carbocycles. The van der Waals surface area contributed by atoms with E-state index < -0.39 is 0 Å². The molecule has 0 fully saturated rings. The first kappa shape index (κ1) is 18.4. The summed E-state index contributed by atoms with van der Waals surface area (Å²) in [4.78, 5) is 0. The molecule has 0 aliphatic rings. The molecule has 26 heavy (non-hydrogen) atoms. The Morgan fingerprint density at radius 3 is 2.88 bits per heavy atom. The Bertz CT molecular complexity index is 933. The summed E-state index contributed by atoms with van der Waals surface area (Å²) in [6, 6.07) is 14.4. The van der Waals surface area contributed by atoms with Crippen molar-refractivity contribution in [3.63, 3.8) is 0 Å². The molecule has 1 heterocycles. The highest BCUT2D eigenvalue weighted by Crippen LogP contribution is 2.28. The average Bonchev–Trinajstić information content (AvgIpc) is 3.11. The molecule has 2 aromatic carbocycles. The van der Waals surface area contributed by atoms with Gasteiger partial charge in [0.15, 0.2) is 10.9 Å². The van der Waals surface area contributed by atoms with Crippen LogP contribution >= 0.6 is 12.2 Å². The van der Waals surface area contributed by atoms with E-state index in [1.54, 1.807) is 0 Å². The third-order valence-corrected chi connectivity index (χ3v) is 4.30. The van der Waals surface area contributed by atoms with Gasteiger partial charge >= 0.3 is 0 Å². The smallest absolute Gasteiger partial charge is 0.186 e. The number of rotatable bonds is 7. The molecule has 0 spiro atoms. The maximum absolute atomic E-state index is 5.94. The fraction of sp³-hybridized carbons (Fsp3) is 0.300. The van der Waals surface area contributed by atoms with Crippen LogP contribution in [-0.2, 0) is 4.74 Å². The molecule has 3 aromatic rings. The Morgan fingerprint density at radius 1 is 1.19 bits per heavy atom. The monoisotopic (exact) mass is 369 g/mol. The normalized spacial score (nSPS) is 11.8. The molecule has 0 aliphatic heterocycles. The van der Waals surface area contributed by atoms with E-state index in [0.29, 0.717) is 5.11 Å². The largest absolute Gasteiger partial charge is 0.455 e. The zero-order valence-electron chi connectivity index (χ0n) is 15.0. The minimum atomic E-state index is 0.488. The number of hydrogen-bond acceptors (Lipinski definition) is 4. The Labute approximate surface area is 158 Å².